The molecule has 0 fully saturated rings. The van der Waals surface area contributed by atoms with Gasteiger partial charge in [-0.15, -0.1) is 0 Å². The number of carbonyl (C=O) groups excluding carboxylic acids is 2. The summed E-state index contributed by atoms with van der Waals surface area (Å²) in [6.07, 6.45) is -9.17. The van der Waals surface area contributed by atoms with Gasteiger partial charge in [0.15, 0.2) is 0 Å². The highest BCUT2D eigenvalue weighted by molar-refractivity contribution is 5.97. The summed E-state index contributed by atoms with van der Waals surface area (Å²) >= 11 is 0. The number of fused-ring (bicyclic) bond motifs is 2. The largest absolute Gasteiger partial charge is 0.480 e. The van der Waals surface area contributed by atoms with Crippen molar-refractivity contribution in [1.29, 1.82) is 0 Å². The standard InChI is InChI=1S/C28H23F8N5O3.C18H17F3N4O2/c1-3-21(28(34,35)36)39-14-10-18(29)22(19(30)11-14)25(42)40-20(26(43)44)12-15-5-6-16(24-37-8-9-41(15)24)23-17(27(31,32)33)7-4-13(2)38-23;1-10-3-6-13(18(19,20)21)15(24-10)12-5-4-11(9-14(22)17(26)27-2)25-8-7-23-16(12)25/h4-11,20-21,39H,3,12H2,1-2H3,(H,40,42)(H,43,44);3-8,14H,9,22H2,1-2H3/t20-,21+;14-/m00/s1. The third-order valence-corrected chi connectivity index (χ3v) is 10.8. The molecule has 71 heavy (non-hydrogen) atoms. The van der Waals surface area contributed by atoms with E-state index in [4.69, 9.17) is 5.73 Å². The molecule has 6 aromatic heterocycles. The number of carboxylic acids is 1. The third-order valence-electron chi connectivity index (χ3n) is 10.8. The molecule has 7 aromatic rings. The molecule has 6 heterocycles. The van der Waals surface area contributed by atoms with Crippen LogP contribution in [0.15, 0.2) is 85.5 Å². The molecule has 0 saturated carbocycles. The van der Waals surface area contributed by atoms with E-state index < -0.39 is 107 Å². The minimum atomic E-state index is -4.74. The van der Waals surface area contributed by atoms with Gasteiger partial charge in [-0.05, 0) is 80.9 Å². The average molecular weight is 1010 g/mol. The normalized spacial score (nSPS) is 13.3. The molecule has 5 N–H and O–H groups in total. The number of esters is 1. The minimum absolute atomic E-state index is 0.00835. The first-order valence-electron chi connectivity index (χ1n) is 20.9. The van der Waals surface area contributed by atoms with Crippen LogP contribution >= 0.6 is 0 Å². The Morgan fingerprint density at radius 2 is 1.20 bits per heavy atom. The van der Waals surface area contributed by atoms with Crippen LogP contribution in [0.25, 0.3) is 33.8 Å². The van der Waals surface area contributed by atoms with Crippen LogP contribution in [0.4, 0.5) is 54.0 Å². The van der Waals surface area contributed by atoms with Crippen molar-refractivity contribution < 1.29 is 72.5 Å². The average Bonchev–Trinajstić information content (AvgIpc) is 3.98. The number of halogens is 11. The number of anilines is 1. The summed E-state index contributed by atoms with van der Waals surface area (Å²) in [7, 11) is 1.24. The molecule has 1 amide bonds. The van der Waals surface area contributed by atoms with Crippen LogP contribution in [-0.2, 0) is 39.5 Å². The number of aliphatic carboxylic acids is 1. The van der Waals surface area contributed by atoms with Gasteiger partial charge in [0.25, 0.3) is 5.91 Å². The lowest BCUT2D eigenvalue weighted by molar-refractivity contribution is -0.143. The fourth-order valence-electron chi connectivity index (χ4n) is 7.41. The van der Waals surface area contributed by atoms with Crippen LogP contribution in [0.2, 0.25) is 0 Å². The fraction of sp³-hybridized carbons (Fsp3) is 0.283. The second-order valence-electron chi connectivity index (χ2n) is 15.8. The molecule has 25 heteroatoms. The number of imidazole rings is 2. The number of amides is 1. The van der Waals surface area contributed by atoms with Crippen molar-refractivity contribution in [1.82, 2.24) is 34.1 Å². The molecular weight excluding hydrogens is 968 g/mol. The monoisotopic (exact) mass is 1010 g/mol. The van der Waals surface area contributed by atoms with Crippen LogP contribution < -0.4 is 16.4 Å². The molecule has 0 aliphatic rings. The van der Waals surface area contributed by atoms with Gasteiger partial charge in [-0.2, -0.15) is 39.5 Å². The number of hydrogen-bond acceptors (Lipinski definition) is 10. The van der Waals surface area contributed by atoms with Crippen LogP contribution in [0, 0.1) is 25.5 Å². The van der Waals surface area contributed by atoms with Gasteiger partial charge in [-0.25, -0.2) is 23.5 Å². The van der Waals surface area contributed by atoms with Gasteiger partial charge in [0.05, 0.1) is 29.6 Å². The van der Waals surface area contributed by atoms with Crippen molar-refractivity contribution in [3.05, 3.63) is 137 Å². The lowest BCUT2D eigenvalue weighted by atomic mass is 10.0. The molecule has 0 bridgehead atoms. The molecule has 0 saturated heterocycles. The smallest absolute Gasteiger partial charge is 0.418 e. The van der Waals surface area contributed by atoms with E-state index in [0.29, 0.717) is 34.9 Å². The van der Waals surface area contributed by atoms with Crippen molar-refractivity contribution in [3.8, 4) is 22.5 Å². The number of carboxylic acid groups (broad SMARTS) is 1. The van der Waals surface area contributed by atoms with Gasteiger partial charge in [0, 0.05) is 77.2 Å². The van der Waals surface area contributed by atoms with E-state index in [1.165, 1.54) is 74.3 Å². The first-order valence-corrected chi connectivity index (χ1v) is 20.9. The van der Waals surface area contributed by atoms with E-state index in [0.717, 1.165) is 12.1 Å². The summed E-state index contributed by atoms with van der Waals surface area (Å²) in [5, 5.41) is 13.7. The highest BCUT2D eigenvalue weighted by atomic mass is 19.4. The number of alkyl halides is 9. The van der Waals surface area contributed by atoms with E-state index in [1.54, 1.807) is 23.6 Å². The van der Waals surface area contributed by atoms with Crippen molar-refractivity contribution in [2.75, 3.05) is 12.4 Å². The predicted octanol–water partition coefficient (Wildman–Crippen LogP) is 8.95. The van der Waals surface area contributed by atoms with Gasteiger partial charge in [-0.3, -0.25) is 19.6 Å². The number of ether oxygens (including phenoxy) is 1. The van der Waals surface area contributed by atoms with E-state index in [2.05, 4.69) is 24.7 Å². The zero-order chi connectivity index (χ0) is 52.3. The van der Waals surface area contributed by atoms with Gasteiger partial charge < -0.3 is 35.0 Å². The highest BCUT2D eigenvalue weighted by Gasteiger charge is 2.39. The maximum atomic E-state index is 14.7. The minimum Gasteiger partial charge on any atom is -0.480 e. The fourth-order valence-corrected chi connectivity index (χ4v) is 7.41. The number of rotatable bonds is 13. The van der Waals surface area contributed by atoms with Crippen molar-refractivity contribution >= 4 is 34.8 Å². The first-order chi connectivity index (χ1) is 33.2. The lowest BCUT2D eigenvalue weighted by Gasteiger charge is -2.22. The number of nitrogens with zero attached hydrogens (tertiary/aromatic N) is 6. The number of nitrogens with two attached hydrogens (primary N) is 1. The van der Waals surface area contributed by atoms with E-state index in [1.807, 2.05) is 10.6 Å². The van der Waals surface area contributed by atoms with Gasteiger partial charge in [0.2, 0.25) is 0 Å². The Kier molecular flexibility index (Phi) is 15.4. The Labute approximate surface area is 394 Å². The Morgan fingerprint density at radius 3 is 1.61 bits per heavy atom. The third kappa shape index (κ3) is 11.8. The highest BCUT2D eigenvalue weighted by Crippen LogP contribution is 2.39. The van der Waals surface area contributed by atoms with E-state index in [9.17, 15) is 67.8 Å². The predicted molar refractivity (Wildman–Crippen MR) is 233 cm³/mol. The quantitative estimate of drug-likeness (QED) is 0.0637. The molecule has 1 aromatic carbocycles. The summed E-state index contributed by atoms with van der Waals surface area (Å²) in [5.74, 6) is -6.78. The molecule has 3 atom stereocenters. The topological polar surface area (TPSA) is 191 Å². The van der Waals surface area contributed by atoms with Crippen LogP contribution in [0.5, 0.6) is 0 Å². The van der Waals surface area contributed by atoms with E-state index >= 15 is 0 Å². The molecule has 0 unspecified atom stereocenters. The Hall–Kier alpha value is -7.70. The number of aryl methyl sites for hydroxylation is 2. The zero-order valence-electron chi connectivity index (χ0n) is 37.4. The molecular formula is C46H40F11N9O5. The summed E-state index contributed by atoms with van der Waals surface area (Å²) in [6.45, 7) is 4.33. The Balaban J connectivity index is 0.000000261. The number of benzene rings is 1. The summed E-state index contributed by atoms with van der Waals surface area (Å²) < 4.78 is 158. The number of aromatic nitrogens is 6. The number of methoxy groups -OCH3 is 1. The van der Waals surface area contributed by atoms with Crippen LogP contribution in [-0.4, -0.2) is 83.1 Å². The maximum absolute atomic E-state index is 14.7. The van der Waals surface area contributed by atoms with Crippen LogP contribution in [0.3, 0.4) is 0 Å². The molecule has 0 radical (unpaired) electrons. The molecule has 0 aliphatic heterocycles. The number of carbonyl (C=O) groups is 3. The molecule has 7 rings (SSSR count). The van der Waals surface area contributed by atoms with Gasteiger partial charge in [0.1, 0.15) is 46.6 Å². The van der Waals surface area contributed by atoms with Crippen molar-refractivity contribution in [2.45, 2.75) is 76.7 Å². The van der Waals surface area contributed by atoms with Gasteiger partial charge in [-0.1, -0.05) is 6.92 Å². The summed E-state index contributed by atoms with van der Waals surface area (Å²) in [4.78, 5) is 52.7. The molecule has 0 aliphatic carbocycles. The lowest BCUT2D eigenvalue weighted by Crippen LogP contribution is -2.43. The van der Waals surface area contributed by atoms with E-state index in [-0.39, 0.29) is 34.6 Å². The summed E-state index contributed by atoms with van der Waals surface area (Å²) in [5.41, 5.74) is 3.56. The molecule has 14 nitrogen and oxygen atoms in total. The molecule has 0 spiro atoms. The van der Waals surface area contributed by atoms with Crippen molar-refractivity contribution in [2.24, 2.45) is 5.73 Å². The first kappa shape index (κ1) is 52.7. The zero-order valence-corrected chi connectivity index (χ0v) is 37.4. The Bertz CT molecular complexity index is 3090. The number of hydrogen-bond donors (Lipinski definition) is 4. The summed E-state index contributed by atoms with van der Waals surface area (Å²) in [6, 6.07) is 6.22. The molecule has 376 valence electrons. The van der Waals surface area contributed by atoms with Gasteiger partial charge >= 0.3 is 30.5 Å². The van der Waals surface area contributed by atoms with Crippen molar-refractivity contribution in [3.63, 3.8) is 0 Å². The Morgan fingerprint density at radius 1 is 0.732 bits per heavy atom. The second kappa shape index (κ2) is 20.7. The second-order valence-corrected chi connectivity index (χ2v) is 15.8. The number of nitrogens with one attached hydrogen (secondary N) is 2. The number of pyridine rings is 4. The van der Waals surface area contributed by atoms with Crippen LogP contribution in [0.1, 0.15) is 57.6 Å². The maximum Gasteiger partial charge on any atom is 0.418 e. The SMILES string of the molecule is CC[C@@H](Nc1cc(F)c(C(=O)N[C@@H](Cc2ccc(-c3nc(C)ccc3C(F)(F)F)c3nccn23)C(=O)O)c(F)c1)C(F)(F)F.COC(=O)[C@@H](N)Cc1ccc(-c2nc(C)ccc2C(F)(F)F)c2nccn12.